The molecule has 76 valence electrons. The van der Waals surface area contributed by atoms with Crippen molar-refractivity contribution < 1.29 is 9.53 Å². The monoisotopic (exact) mass is 185 g/mol. The summed E-state index contributed by atoms with van der Waals surface area (Å²) >= 11 is 0. The van der Waals surface area contributed by atoms with Crippen LogP contribution in [0.2, 0.25) is 0 Å². The molecule has 1 saturated heterocycles. The minimum absolute atomic E-state index is 0.456. The van der Waals surface area contributed by atoms with Gasteiger partial charge in [0.15, 0.2) is 0 Å². The van der Waals surface area contributed by atoms with Crippen molar-refractivity contribution in [3.8, 4) is 0 Å². The van der Waals surface area contributed by atoms with E-state index >= 15 is 0 Å². The number of likely N-dealkylation sites (tertiary alicyclic amines) is 1. The largest absolute Gasteiger partial charge is 0.378 e. The lowest BCUT2D eigenvalue weighted by molar-refractivity contribution is -0.108. The van der Waals surface area contributed by atoms with E-state index in [0.29, 0.717) is 12.5 Å². The molecule has 13 heavy (non-hydrogen) atoms. The van der Waals surface area contributed by atoms with Crippen molar-refractivity contribution in [1.82, 2.24) is 4.90 Å². The van der Waals surface area contributed by atoms with Gasteiger partial charge >= 0.3 is 0 Å². The lowest BCUT2D eigenvalue weighted by Gasteiger charge is -2.31. The fourth-order valence-corrected chi connectivity index (χ4v) is 1.77. The first-order valence-corrected chi connectivity index (χ1v) is 5.14. The molecule has 3 heteroatoms. The summed E-state index contributed by atoms with van der Waals surface area (Å²) in [5, 5.41) is 0. The Morgan fingerprint density at radius 1 is 1.46 bits per heavy atom. The number of hydrogen-bond donors (Lipinski definition) is 0. The number of carbonyl (C=O) groups is 1. The van der Waals surface area contributed by atoms with E-state index in [9.17, 15) is 4.79 Å². The van der Waals surface area contributed by atoms with Crippen molar-refractivity contribution >= 4 is 6.29 Å². The van der Waals surface area contributed by atoms with Crippen LogP contribution in [-0.2, 0) is 9.53 Å². The third kappa shape index (κ3) is 3.87. The van der Waals surface area contributed by atoms with Crippen LogP contribution in [0.15, 0.2) is 0 Å². The number of carbonyl (C=O) groups excluding carboxylic acids is 1. The number of aldehydes is 1. The van der Waals surface area contributed by atoms with Crippen LogP contribution in [-0.4, -0.2) is 43.5 Å². The minimum atomic E-state index is 0.456. The molecule has 1 rings (SSSR count). The summed E-state index contributed by atoms with van der Waals surface area (Å²) in [6.45, 7) is 5.94. The Morgan fingerprint density at radius 2 is 2.15 bits per heavy atom. The topological polar surface area (TPSA) is 29.5 Å². The van der Waals surface area contributed by atoms with Crippen molar-refractivity contribution in [1.29, 1.82) is 0 Å². The van der Waals surface area contributed by atoms with E-state index in [1.54, 1.807) is 0 Å². The molecule has 0 aromatic rings. The van der Waals surface area contributed by atoms with Gasteiger partial charge in [-0.15, -0.1) is 0 Å². The average molecular weight is 185 g/mol. The number of rotatable bonds is 5. The van der Waals surface area contributed by atoms with E-state index in [1.165, 1.54) is 0 Å². The molecule has 0 spiro atoms. The summed E-state index contributed by atoms with van der Waals surface area (Å²) < 4.78 is 5.54. The third-order valence-electron chi connectivity index (χ3n) is 2.50. The molecular weight excluding hydrogens is 166 g/mol. The summed E-state index contributed by atoms with van der Waals surface area (Å²) in [5.41, 5.74) is 0. The second-order valence-electron chi connectivity index (χ2n) is 3.45. The smallest absolute Gasteiger partial charge is 0.121 e. The van der Waals surface area contributed by atoms with Crippen molar-refractivity contribution in [3.63, 3.8) is 0 Å². The van der Waals surface area contributed by atoms with E-state index in [-0.39, 0.29) is 0 Å². The molecule has 0 atom stereocenters. The van der Waals surface area contributed by atoms with Gasteiger partial charge in [0, 0.05) is 32.7 Å². The molecule has 0 aromatic carbocycles. The highest BCUT2D eigenvalue weighted by Crippen LogP contribution is 2.13. The van der Waals surface area contributed by atoms with E-state index in [1.807, 2.05) is 6.92 Å². The van der Waals surface area contributed by atoms with Gasteiger partial charge in [-0.05, 0) is 19.8 Å². The molecule has 0 saturated carbocycles. The lowest BCUT2D eigenvalue weighted by Crippen LogP contribution is -2.37. The molecule has 0 aliphatic carbocycles. The molecule has 0 bridgehead atoms. The van der Waals surface area contributed by atoms with Gasteiger partial charge in [-0.2, -0.15) is 0 Å². The highest BCUT2D eigenvalue weighted by molar-refractivity contribution is 5.49. The van der Waals surface area contributed by atoms with Crippen LogP contribution in [0.5, 0.6) is 0 Å². The Morgan fingerprint density at radius 3 is 2.69 bits per heavy atom. The quantitative estimate of drug-likeness (QED) is 0.600. The van der Waals surface area contributed by atoms with Crippen molar-refractivity contribution in [2.75, 3.05) is 26.2 Å². The highest BCUT2D eigenvalue weighted by atomic mass is 16.5. The molecule has 1 aliphatic rings. The highest BCUT2D eigenvalue weighted by Gasteiger charge is 2.18. The van der Waals surface area contributed by atoms with Crippen LogP contribution < -0.4 is 0 Å². The van der Waals surface area contributed by atoms with Crippen LogP contribution >= 0.6 is 0 Å². The van der Waals surface area contributed by atoms with Gasteiger partial charge in [0.25, 0.3) is 0 Å². The molecule has 1 heterocycles. The Bertz CT molecular complexity index is 142. The van der Waals surface area contributed by atoms with Gasteiger partial charge in [0.1, 0.15) is 6.29 Å². The number of hydrogen-bond acceptors (Lipinski definition) is 3. The zero-order valence-corrected chi connectivity index (χ0v) is 8.37. The van der Waals surface area contributed by atoms with Crippen LogP contribution in [0.4, 0.5) is 0 Å². The summed E-state index contributed by atoms with van der Waals surface area (Å²) in [5.74, 6) is 0. The van der Waals surface area contributed by atoms with Gasteiger partial charge in [-0.3, -0.25) is 0 Å². The molecule has 0 radical (unpaired) electrons. The zero-order valence-electron chi connectivity index (χ0n) is 8.37. The van der Waals surface area contributed by atoms with Crippen molar-refractivity contribution in [2.24, 2.45) is 0 Å². The second-order valence-corrected chi connectivity index (χ2v) is 3.45. The fourth-order valence-electron chi connectivity index (χ4n) is 1.77. The van der Waals surface area contributed by atoms with Gasteiger partial charge < -0.3 is 14.4 Å². The summed E-state index contributed by atoms with van der Waals surface area (Å²) in [4.78, 5) is 12.5. The molecule has 0 unspecified atom stereocenters. The van der Waals surface area contributed by atoms with Gasteiger partial charge in [0.05, 0.1) is 6.10 Å². The molecule has 0 aromatic heterocycles. The average Bonchev–Trinajstić information content (AvgIpc) is 2.17. The first-order valence-electron chi connectivity index (χ1n) is 5.14. The minimum Gasteiger partial charge on any atom is -0.378 e. The van der Waals surface area contributed by atoms with Gasteiger partial charge in [-0.1, -0.05) is 0 Å². The van der Waals surface area contributed by atoms with Crippen LogP contribution in [0.3, 0.4) is 0 Å². The normalized spacial score (nSPS) is 20.4. The van der Waals surface area contributed by atoms with E-state index in [2.05, 4.69) is 4.90 Å². The van der Waals surface area contributed by atoms with E-state index < -0.39 is 0 Å². The molecule has 0 N–H and O–H groups in total. The Labute approximate surface area is 80.1 Å². The Balaban J connectivity index is 2.11. The molecule has 1 aliphatic heterocycles. The first-order chi connectivity index (χ1) is 6.36. The molecular formula is C10H19NO2. The van der Waals surface area contributed by atoms with Crippen LogP contribution in [0, 0.1) is 0 Å². The fraction of sp³-hybridized carbons (Fsp3) is 0.900. The lowest BCUT2D eigenvalue weighted by atomic mass is 10.1. The predicted molar refractivity (Wildman–Crippen MR) is 51.8 cm³/mol. The summed E-state index contributed by atoms with van der Waals surface area (Å²) in [6, 6.07) is 0. The predicted octanol–water partition coefficient (Wildman–Crippen LogP) is 1.08. The zero-order chi connectivity index (χ0) is 9.52. The molecule has 0 amide bonds. The van der Waals surface area contributed by atoms with E-state index in [4.69, 9.17) is 4.74 Å². The maximum atomic E-state index is 10.2. The molecule has 3 nitrogen and oxygen atoms in total. The van der Waals surface area contributed by atoms with Gasteiger partial charge in [-0.25, -0.2) is 0 Å². The summed E-state index contributed by atoms with van der Waals surface area (Å²) in [7, 11) is 0. The van der Waals surface area contributed by atoms with E-state index in [0.717, 1.165) is 45.4 Å². The maximum Gasteiger partial charge on any atom is 0.121 e. The number of nitrogens with zero attached hydrogens (tertiary/aromatic N) is 1. The van der Waals surface area contributed by atoms with Crippen LogP contribution in [0.1, 0.15) is 26.2 Å². The Hall–Kier alpha value is -0.410. The second kappa shape index (κ2) is 6.11. The first kappa shape index (κ1) is 10.7. The molecule has 1 fully saturated rings. The summed E-state index contributed by atoms with van der Waals surface area (Å²) in [6.07, 6.45) is 4.35. The third-order valence-corrected chi connectivity index (χ3v) is 2.50. The van der Waals surface area contributed by atoms with Gasteiger partial charge in [0.2, 0.25) is 0 Å². The van der Waals surface area contributed by atoms with Crippen molar-refractivity contribution in [3.05, 3.63) is 0 Å². The van der Waals surface area contributed by atoms with Crippen LogP contribution in [0.25, 0.3) is 0 Å². The number of ether oxygens (including phenoxy) is 1. The maximum absolute atomic E-state index is 10.2. The van der Waals surface area contributed by atoms with Crippen molar-refractivity contribution in [2.45, 2.75) is 32.3 Å². The SMILES string of the molecule is CCOC1CCN(CCC=O)CC1. The standard InChI is InChI=1S/C10H19NO2/c1-2-13-10-4-7-11(8-5-10)6-3-9-12/h9-10H,2-8H2,1H3. The number of piperidine rings is 1. The Kier molecular flexibility index (Phi) is 5.01.